The zero-order valence-electron chi connectivity index (χ0n) is 13.1. The maximum atomic E-state index is 12.4. The van der Waals surface area contributed by atoms with Crippen LogP contribution in [0.15, 0.2) is 41.3 Å². The molecule has 0 saturated carbocycles. The van der Waals surface area contributed by atoms with Crippen LogP contribution in [0.3, 0.4) is 0 Å². The van der Waals surface area contributed by atoms with Crippen molar-refractivity contribution in [1.82, 2.24) is 14.9 Å². The maximum Gasteiger partial charge on any atom is 0.269 e. The van der Waals surface area contributed by atoms with E-state index in [1.165, 1.54) is 10.6 Å². The molecule has 6 nitrogen and oxygen atoms in total. The number of amides is 1. The van der Waals surface area contributed by atoms with Gasteiger partial charge in [-0.1, -0.05) is 13.0 Å². The molecule has 118 valence electrons. The second-order valence-corrected chi connectivity index (χ2v) is 5.23. The van der Waals surface area contributed by atoms with Gasteiger partial charge in [0.15, 0.2) is 0 Å². The maximum absolute atomic E-state index is 12.4. The molecular weight excluding hydrogens is 292 g/mol. The highest BCUT2D eigenvalue weighted by Crippen LogP contribution is 2.15. The van der Waals surface area contributed by atoms with Crippen molar-refractivity contribution in [3.05, 3.63) is 52.4 Å². The first-order valence-electron chi connectivity index (χ1n) is 7.41. The summed E-state index contributed by atoms with van der Waals surface area (Å²) in [5, 5.41) is 11.9. The first-order valence-corrected chi connectivity index (χ1v) is 7.41. The molecule has 1 amide bonds. The highest BCUT2D eigenvalue weighted by Gasteiger charge is 2.15. The lowest BCUT2D eigenvalue weighted by Gasteiger charge is -2.15. The molecular formula is C17H18N4O2. The number of rotatable bonds is 5. The van der Waals surface area contributed by atoms with E-state index < -0.39 is 5.56 Å². The van der Waals surface area contributed by atoms with Crippen LogP contribution in [-0.2, 0) is 11.3 Å². The van der Waals surface area contributed by atoms with Crippen molar-refractivity contribution in [2.75, 3.05) is 0 Å². The Morgan fingerprint density at radius 2 is 2.17 bits per heavy atom. The van der Waals surface area contributed by atoms with Crippen LogP contribution >= 0.6 is 0 Å². The van der Waals surface area contributed by atoms with E-state index in [0.717, 1.165) is 6.42 Å². The van der Waals surface area contributed by atoms with E-state index in [1.807, 2.05) is 19.9 Å². The zero-order valence-corrected chi connectivity index (χ0v) is 13.1. The summed E-state index contributed by atoms with van der Waals surface area (Å²) in [5.74, 6) is -0.270. The van der Waals surface area contributed by atoms with Crippen LogP contribution in [0.2, 0.25) is 0 Å². The van der Waals surface area contributed by atoms with E-state index in [0.29, 0.717) is 11.4 Å². The van der Waals surface area contributed by atoms with Crippen molar-refractivity contribution < 1.29 is 4.79 Å². The molecule has 0 aromatic carbocycles. The molecule has 2 aromatic heterocycles. The standard InChI is InChI=1S/C17H18N4O2/c1-3-12(2)20-16(22)11-21-15(14-6-4-5-9-19-14)8-7-13(10-18)17(21)23/h4-9,12H,3,11H2,1-2H3,(H,20,22). The Balaban J connectivity index is 2.45. The normalized spacial score (nSPS) is 11.5. The monoisotopic (exact) mass is 310 g/mol. The summed E-state index contributed by atoms with van der Waals surface area (Å²) in [4.78, 5) is 28.8. The lowest BCUT2D eigenvalue weighted by Crippen LogP contribution is -2.38. The molecule has 0 saturated heterocycles. The summed E-state index contributed by atoms with van der Waals surface area (Å²) >= 11 is 0. The highest BCUT2D eigenvalue weighted by atomic mass is 16.2. The van der Waals surface area contributed by atoms with Gasteiger partial charge in [-0.05, 0) is 37.6 Å². The quantitative estimate of drug-likeness (QED) is 0.910. The molecule has 2 heterocycles. The van der Waals surface area contributed by atoms with Gasteiger partial charge < -0.3 is 5.32 Å². The van der Waals surface area contributed by atoms with Gasteiger partial charge in [0.05, 0.1) is 11.4 Å². The van der Waals surface area contributed by atoms with Crippen molar-refractivity contribution in [2.24, 2.45) is 0 Å². The van der Waals surface area contributed by atoms with Crippen LogP contribution in [-0.4, -0.2) is 21.5 Å². The fourth-order valence-electron chi connectivity index (χ4n) is 2.12. The van der Waals surface area contributed by atoms with Gasteiger partial charge in [-0.2, -0.15) is 5.26 Å². The lowest BCUT2D eigenvalue weighted by atomic mass is 10.2. The fourth-order valence-corrected chi connectivity index (χ4v) is 2.12. The molecule has 2 rings (SSSR count). The Morgan fingerprint density at radius 3 is 2.78 bits per heavy atom. The van der Waals surface area contributed by atoms with Crippen molar-refractivity contribution in [3.8, 4) is 17.5 Å². The van der Waals surface area contributed by atoms with Gasteiger partial charge in [0.2, 0.25) is 5.91 Å². The summed E-state index contributed by atoms with van der Waals surface area (Å²) in [5.41, 5.74) is 0.593. The summed E-state index contributed by atoms with van der Waals surface area (Å²) in [6.45, 7) is 3.71. The molecule has 0 bridgehead atoms. The van der Waals surface area contributed by atoms with Gasteiger partial charge in [-0.15, -0.1) is 0 Å². The van der Waals surface area contributed by atoms with Crippen LogP contribution in [0.5, 0.6) is 0 Å². The van der Waals surface area contributed by atoms with E-state index in [1.54, 1.807) is 30.5 Å². The molecule has 23 heavy (non-hydrogen) atoms. The van der Waals surface area contributed by atoms with Gasteiger partial charge in [0, 0.05) is 12.2 Å². The fraction of sp³-hybridized carbons (Fsp3) is 0.294. The number of hydrogen-bond donors (Lipinski definition) is 1. The van der Waals surface area contributed by atoms with E-state index in [4.69, 9.17) is 5.26 Å². The minimum atomic E-state index is -0.491. The Bertz CT molecular complexity index is 790. The molecule has 1 N–H and O–H groups in total. The molecule has 0 aliphatic rings. The molecule has 0 aliphatic carbocycles. The first kappa shape index (κ1) is 16.4. The smallest absolute Gasteiger partial charge is 0.269 e. The highest BCUT2D eigenvalue weighted by molar-refractivity contribution is 5.77. The number of pyridine rings is 2. The van der Waals surface area contributed by atoms with E-state index in [-0.39, 0.29) is 24.1 Å². The third kappa shape index (κ3) is 3.83. The van der Waals surface area contributed by atoms with Crippen molar-refractivity contribution in [2.45, 2.75) is 32.9 Å². The molecule has 2 aromatic rings. The predicted octanol–water partition coefficient (Wildman–Crippen LogP) is 1.70. The number of nitriles is 1. The number of aromatic nitrogens is 2. The van der Waals surface area contributed by atoms with Crippen LogP contribution in [0.4, 0.5) is 0 Å². The number of hydrogen-bond acceptors (Lipinski definition) is 4. The minimum absolute atomic E-state index is 0.000945. The van der Waals surface area contributed by atoms with Gasteiger partial charge >= 0.3 is 0 Å². The Kier molecular flexibility index (Phi) is 5.26. The summed E-state index contributed by atoms with van der Waals surface area (Å²) in [6.07, 6.45) is 2.41. The van der Waals surface area contributed by atoms with Crippen molar-refractivity contribution in [3.63, 3.8) is 0 Å². The second-order valence-electron chi connectivity index (χ2n) is 5.23. The molecule has 0 fully saturated rings. The average Bonchev–Trinajstić information content (AvgIpc) is 2.57. The largest absolute Gasteiger partial charge is 0.352 e. The number of carbonyl (C=O) groups is 1. The Hall–Kier alpha value is -2.94. The predicted molar refractivity (Wildman–Crippen MR) is 86.5 cm³/mol. The van der Waals surface area contributed by atoms with E-state index in [2.05, 4.69) is 10.3 Å². The molecule has 0 aliphatic heterocycles. The lowest BCUT2D eigenvalue weighted by molar-refractivity contribution is -0.122. The van der Waals surface area contributed by atoms with Crippen LogP contribution in [0, 0.1) is 11.3 Å². The third-order valence-corrected chi connectivity index (χ3v) is 3.54. The molecule has 0 spiro atoms. The SMILES string of the molecule is CCC(C)NC(=O)Cn1c(-c2ccccn2)ccc(C#N)c1=O. The molecule has 1 unspecified atom stereocenters. The van der Waals surface area contributed by atoms with Crippen LogP contribution in [0.25, 0.3) is 11.4 Å². The summed E-state index contributed by atoms with van der Waals surface area (Å²) in [6, 6.07) is 10.3. The number of nitrogens with one attached hydrogen (secondary N) is 1. The third-order valence-electron chi connectivity index (χ3n) is 3.54. The molecule has 0 radical (unpaired) electrons. The topological polar surface area (TPSA) is 87.8 Å². The van der Waals surface area contributed by atoms with Gasteiger partial charge in [-0.3, -0.25) is 19.1 Å². The van der Waals surface area contributed by atoms with E-state index >= 15 is 0 Å². The van der Waals surface area contributed by atoms with Crippen molar-refractivity contribution >= 4 is 5.91 Å². The van der Waals surface area contributed by atoms with E-state index in [9.17, 15) is 9.59 Å². The summed E-state index contributed by atoms with van der Waals surface area (Å²) < 4.78 is 1.29. The Morgan fingerprint density at radius 1 is 1.39 bits per heavy atom. The van der Waals surface area contributed by atoms with Crippen LogP contribution < -0.4 is 10.9 Å². The second kappa shape index (κ2) is 7.36. The van der Waals surface area contributed by atoms with Gasteiger partial charge in [-0.25, -0.2) is 0 Å². The minimum Gasteiger partial charge on any atom is -0.352 e. The first-order chi connectivity index (χ1) is 11.1. The van der Waals surface area contributed by atoms with Gasteiger partial charge in [0.25, 0.3) is 5.56 Å². The van der Waals surface area contributed by atoms with Crippen molar-refractivity contribution in [1.29, 1.82) is 5.26 Å². The van der Waals surface area contributed by atoms with Gasteiger partial charge in [0.1, 0.15) is 18.2 Å². The van der Waals surface area contributed by atoms with Crippen LogP contribution in [0.1, 0.15) is 25.8 Å². The summed E-state index contributed by atoms with van der Waals surface area (Å²) in [7, 11) is 0. The Labute approximate surface area is 134 Å². The molecule has 1 atom stereocenters. The molecule has 6 heteroatoms. The number of carbonyl (C=O) groups excluding carboxylic acids is 1. The zero-order chi connectivity index (χ0) is 16.8. The number of nitrogens with zero attached hydrogens (tertiary/aromatic N) is 3. The average molecular weight is 310 g/mol.